The van der Waals surface area contributed by atoms with Crippen LogP contribution in [0.2, 0.25) is 0 Å². The molecule has 1 unspecified atom stereocenters. The molecule has 0 fully saturated rings. The number of nitrogens with two attached hydrogens (primary N) is 1. The third-order valence-electron chi connectivity index (χ3n) is 3.02. The third-order valence-corrected chi connectivity index (χ3v) is 3.02. The van der Waals surface area contributed by atoms with Crippen LogP contribution in [0.3, 0.4) is 0 Å². The van der Waals surface area contributed by atoms with E-state index < -0.39 is 0 Å². The van der Waals surface area contributed by atoms with Crippen LogP contribution in [0.1, 0.15) is 46.0 Å². The maximum atomic E-state index is 12.1. The van der Waals surface area contributed by atoms with Crippen LogP contribution >= 0.6 is 0 Å². The van der Waals surface area contributed by atoms with Crippen molar-refractivity contribution in [2.75, 3.05) is 6.54 Å². The van der Waals surface area contributed by atoms with Gasteiger partial charge >= 0.3 is 0 Å². The van der Waals surface area contributed by atoms with E-state index in [4.69, 9.17) is 5.73 Å². The van der Waals surface area contributed by atoms with Gasteiger partial charge in [0.25, 0.3) is 0 Å². The molecular weight excluding hydrogens is 186 g/mol. The molecule has 2 N–H and O–H groups in total. The van der Waals surface area contributed by atoms with Crippen molar-refractivity contribution >= 4 is 5.78 Å². The molecule has 0 heterocycles. The maximum Gasteiger partial charge on any atom is 0.162 e. The molecule has 2 heteroatoms. The molecule has 1 atom stereocenters. The van der Waals surface area contributed by atoms with E-state index in [9.17, 15) is 4.79 Å². The summed E-state index contributed by atoms with van der Waals surface area (Å²) in [6.07, 6.45) is 7.47. The molecule has 0 saturated heterocycles. The number of allylic oxidation sites excluding steroid dienone is 2. The average Bonchev–Trinajstić information content (AvgIpc) is 2.26. The zero-order chi connectivity index (χ0) is 11.3. The molecule has 1 aliphatic rings. The predicted molar refractivity (Wildman–Crippen MR) is 63.6 cm³/mol. The van der Waals surface area contributed by atoms with Crippen molar-refractivity contribution in [1.82, 2.24) is 0 Å². The fourth-order valence-corrected chi connectivity index (χ4v) is 2.20. The van der Waals surface area contributed by atoms with Gasteiger partial charge in [0.15, 0.2) is 5.78 Å². The number of carbonyl (C=O) groups excluding carboxylic acids is 1. The smallest absolute Gasteiger partial charge is 0.162 e. The molecule has 0 bridgehead atoms. The van der Waals surface area contributed by atoms with E-state index in [0.29, 0.717) is 18.2 Å². The average molecular weight is 209 g/mol. The van der Waals surface area contributed by atoms with Crippen LogP contribution in [-0.4, -0.2) is 12.3 Å². The summed E-state index contributed by atoms with van der Waals surface area (Å²) in [5, 5.41) is 0. The minimum absolute atomic E-state index is 0.0503. The Morgan fingerprint density at radius 3 is 2.67 bits per heavy atom. The first-order valence-electron chi connectivity index (χ1n) is 6.08. The Morgan fingerprint density at radius 1 is 1.47 bits per heavy atom. The molecule has 0 aromatic heterocycles. The summed E-state index contributed by atoms with van der Waals surface area (Å²) < 4.78 is 0. The van der Waals surface area contributed by atoms with Gasteiger partial charge in [-0.05, 0) is 43.6 Å². The molecule has 1 aliphatic carbocycles. The van der Waals surface area contributed by atoms with Crippen molar-refractivity contribution in [3.05, 3.63) is 11.6 Å². The number of Topliss-reactive ketones (excluding diaryl/α,β-unsaturated/α-hetero) is 1. The van der Waals surface area contributed by atoms with Gasteiger partial charge in [0.05, 0.1) is 0 Å². The van der Waals surface area contributed by atoms with Crippen molar-refractivity contribution in [2.24, 2.45) is 17.6 Å². The van der Waals surface area contributed by atoms with E-state index in [1.807, 2.05) is 0 Å². The topological polar surface area (TPSA) is 43.1 Å². The van der Waals surface area contributed by atoms with Crippen molar-refractivity contribution in [2.45, 2.75) is 46.0 Å². The standard InChI is InChI=1S/C13H23NO/c1-10(2)8-12(9-14)13(15)11-6-4-3-5-7-11/h6,10,12H,3-5,7-9,14H2,1-2H3. The first-order chi connectivity index (χ1) is 7.15. The summed E-state index contributed by atoms with van der Waals surface area (Å²) in [6, 6.07) is 0. The highest BCUT2D eigenvalue weighted by atomic mass is 16.1. The van der Waals surface area contributed by atoms with Crippen molar-refractivity contribution in [3.8, 4) is 0 Å². The van der Waals surface area contributed by atoms with Crippen molar-refractivity contribution in [3.63, 3.8) is 0 Å². The van der Waals surface area contributed by atoms with Gasteiger partial charge in [0.2, 0.25) is 0 Å². The van der Waals surface area contributed by atoms with Gasteiger partial charge in [-0.25, -0.2) is 0 Å². The minimum Gasteiger partial charge on any atom is -0.330 e. The molecule has 0 amide bonds. The van der Waals surface area contributed by atoms with Crippen LogP contribution in [0, 0.1) is 11.8 Å². The highest BCUT2D eigenvalue weighted by Crippen LogP contribution is 2.23. The minimum atomic E-state index is 0.0503. The zero-order valence-corrected chi connectivity index (χ0v) is 9.96. The van der Waals surface area contributed by atoms with Gasteiger partial charge in [0, 0.05) is 12.5 Å². The molecule has 0 aromatic rings. The van der Waals surface area contributed by atoms with Gasteiger partial charge in [-0.2, -0.15) is 0 Å². The zero-order valence-electron chi connectivity index (χ0n) is 9.96. The molecule has 15 heavy (non-hydrogen) atoms. The molecule has 0 aliphatic heterocycles. The molecule has 2 nitrogen and oxygen atoms in total. The Morgan fingerprint density at radius 2 is 2.20 bits per heavy atom. The largest absolute Gasteiger partial charge is 0.330 e. The first-order valence-corrected chi connectivity index (χ1v) is 6.08. The molecular formula is C13H23NO. The highest BCUT2D eigenvalue weighted by Gasteiger charge is 2.22. The molecule has 86 valence electrons. The summed E-state index contributed by atoms with van der Waals surface area (Å²) in [4.78, 5) is 12.1. The van der Waals surface area contributed by atoms with Gasteiger partial charge in [0.1, 0.15) is 0 Å². The summed E-state index contributed by atoms with van der Waals surface area (Å²) in [5.41, 5.74) is 6.72. The van der Waals surface area contributed by atoms with E-state index in [1.54, 1.807) is 0 Å². The number of ketones is 1. The van der Waals surface area contributed by atoms with Crippen LogP contribution in [0.15, 0.2) is 11.6 Å². The van der Waals surface area contributed by atoms with E-state index in [2.05, 4.69) is 19.9 Å². The van der Waals surface area contributed by atoms with Gasteiger partial charge in [-0.15, -0.1) is 0 Å². The molecule has 0 radical (unpaired) electrons. The Bertz CT molecular complexity index is 243. The lowest BCUT2D eigenvalue weighted by Crippen LogP contribution is -2.27. The second-order valence-corrected chi connectivity index (χ2v) is 4.90. The fraction of sp³-hybridized carbons (Fsp3) is 0.769. The van der Waals surface area contributed by atoms with Crippen LogP contribution in [0.5, 0.6) is 0 Å². The van der Waals surface area contributed by atoms with Gasteiger partial charge in [-0.3, -0.25) is 4.79 Å². The van der Waals surface area contributed by atoms with E-state index >= 15 is 0 Å². The lowest BCUT2D eigenvalue weighted by atomic mass is 9.86. The fourth-order valence-electron chi connectivity index (χ4n) is 2.20. The number of carbonyl (C=O) groups is 1. The van der Waals surface area contributed by atoms with Crippen LogP contribution in [-0.2, 0) is 4.79 Å². The first kappa shape index (κ1) is 12.4. The second-order valence-electron chi connectivity index (χ2n) is 4.90. The van der Waals surface area contributed by atoms with Gasteiger partial charge in [-0.1, -0.05) is 19.9 Å². The Labute approximate surface area is 92.9 Å². The Balaban J connectivity index is 2.59. The second kappa shape index (κ2) is 6.06. The Hall–Kier alpha value is -0.630. The summed E-state index contributed by atoms with van der Waals surface area (Å²) in [6.45, 7) is 4.78. The van der Waals surface area contributed by atoms with E-state index in [0.717, 1.165) is 31.3 Å². The SMILES string of the molecule is CC(C)CC(CN)C(=O)C1=CCCCC1. The molecule has 0 aromatic carbocycles. The quantitative estimate of drug-likeness (QED) is 0.756. The molecule has 0 spiro atoms. The third kappa shape index (κ3) is 3.78. The number of hydrogen-bond donors (Lipinski definition) is 1. The van der Waals surface area contributed by atoms with Crippen LogP contribution in [0.4, 0.5) is 0 Å². The van der Waals surface area contributed by atoms with Crippen LogP contribution < -0.4 is 5.73 Å². The monoisotopic (exact) mass is 209 g/mol. The number of hydrogen-bond acceptors (Lipinski definition) is 2. The Kier molecular flexibility index (Phi) is 5.03. The van der Waals surface area contributed by atoms with Crippen molar-refractivity contribution in [1.29, 1.82) is 0 Å². The van der Waals surface area contributed by atoms with E-state index in [-0.39, 0.29) is 5.92 Å². The summed E-state index contributed by atoms with van der Waals surface area (Å²) in [7, 11) is 0. The molecule has 1 rings (SSSR count). The number of rotatable bonds is 5. The summed E-state index contributed by atoms with van der Waals surface area (Å²) in [5.74, 6) is 0.909. The normalized spacial score (nSPS) is 18.8. The van der Waals surface area contributed by atoms with Crippen LogP contribution in [0.25, 0.3) is 0 Å². The molecule has 0 saturated carbocycles. The lowest BCUT2D eigenvalue weighted by Gasteiger charge is -2.19. The van der Waals surface area contributed by atoms with Crippen molar-refractivity contribution < 1.29 is 4.79 Å². The lowest BCUT2D eigenvalue weighted by molar-refractivity contribution is -0.119. The predicted octanol–water partition coefficient (Wildman–Crippen LogP) is 2.68. The summed E-state index contributed by atoms with van der Waals surface area (Å²) >= 11 is 0. The highest BCUT2D eigenvalue weighted by molar-refractivity contribution is 5.97. The van der Waals surface area contributed by atoms with Gasteiger partial charge < -0.3 is 5.73 Å². The van der Waals surface area contributed by atoms with E-state index in [1.165, 1.54) is 6.42 Å². The maximum absolute atomic E-state index is 12.1.